The molecule has 1 fully saturated rings. The fourth-order valence-electron chi connectivity index (χ4n) is 3.54. The quantitative estimate of drug-likeness (QED) is 0.570. The Labute approximate surface area is 186 Å². The van der Waals surface area contributed by atoms with E-state index in [4.69, 9.17) is 0 Å². The Balaban J connectivity index is 1.62. The third kappa shape index (κ3) is 5.84. The Bertz CT molecular complexity index is 1000. The van der Waals surface area contributed by atoms with Crippen LogP contribution in [-0.4, -0.2) is 37.5 Å². The van der Waals surface area contributed by atoms with Crippen LogP contribution in [0, 0.1) is 5.92 Å². The number of alkyl halides is 2. The summed E-state index contributed by atoms with van der Waals surface area (Å²) in [4.78, 5) is 13.2. The van der Waals surface area contributed by atoms with E-state index in [1.165, 1.54) is 10.4 Å². The molecule has 0 radical (unpaired) electrons. The van der Waals surface area contributed by atoms with Crippen molar-refractivity contribution in [3.05, 3.63) is 54.1 Å². The molecule has 0 unspecified atom stereocenters. The minimum Gasteiger partial charge on any atom is -0.325 e. The predicted molar refractivity (Wildman–Crippen MR) is 119 cm³/mol. The number of sulfonamides is 1. The summed E-state index contributed by atoms with van der Waals surface area (Å²) < 4.78 is 52.7. The molecule has 0 aliphatic carbocycles. The summed E-state index contributed by atoms with van der Waals surface area (Å²) in [7, 11) is -3.62. The minimum atomic E-state index is -3.62. The van der Waals surface area contributed by atoms with Crippen molar-refractivity contribution in [2.24, 2.45) is 5.92 Å². The molecular weight excluding hydrogens is 442 g/mol. The van der Waals surface area contributed by atoms with E-state index in [9.17, 15) is 22.0 Å². The SMILES string of the molecule is CC(C)c1ccc(S(=O)(=O)N2CCC(C(=O)Nc3ccccc3SC(F)F)CC2)cc1. The number of amides is 1. The van der Waals surface area contributed by atoms with Gasteiger partial charge in [-0.15, -0.1) is 0 Å². The molecule has 2 aromatic rings. The van der Waals surface area contributed by atoms with Crippen molar-refractivity contribution in [3.63, 3.8) is 0 Å². The van der Waals surface area contributed by atoms with Gasteiger partial charge < -0.3 is 5.32 Å². The Morgan fingerprint density at radius 1 is 1.06 bits per heavy atom. The average Bonchev–Trinajstić information content (AvgIpc) is 2.75. The maximum Gasteiger partial charge on any atom is 0.288 e. The molecule has 31 heavy (non-hydrogen) atoms. The molecule has 3 rings (SSSR count). The van der Waals surface area contributed by atoms with Crippen molar-refractivity contribution in [1.29, 1.82) is 0 Å². The Morgan fingerprint density at radius 2 is 1.68 bits per heavy atom. The molecule has 1 saturated heterocycles. The van der Waals surface area contributed by atoms with Crippen LogP contribution in [0.4, 0.5) is 14.5 Å². The Kier molecular flexibility index (Phi) is 7.72. The zero-order chi connectivity index (χ0) is 22.6. The molecule has 5 nitrogen and oxygen atoms in total. The van der Waals surface area contributed by atoms with E-state index in [-0.39, 0.29) is 29.8 Å². The highest BCUT2D eigenvalue weighted by Crippen LogP contribution is 2.32. The maximum atomic E-state index is 12.9. The standard InChI is InChI=1S/C22H26F2N2O3S2/c1-15(2)16-7-9-18(10-8-16)31(28,29)26-13-11-17(12-14-26)21(27)25-19-5-3-4-6-20(19)30-22(23)24/h3-10,15,17,22H,11-14H2,1-2H3,(H,25,27). The Hall–Kier alpha value is -1.97. The first-order valence-electron chi connectivity index (χ1n) is 10.1. The number of carbonyl (C=O) groups excluding carboxylic acids is 1. The molecule has 0 aromatic heterocycles. The first kappa shape index (κ1) is 23.7. The molecule has 0 saturated carbocycles. The molecule has 0 atom stereocenters. The monoisotopic (exact) mass is 468 g/mol. The second-order valence-electron chi connectivity index (χ2n) is 7.77. The van der Waals surface area contributed by atoms with Gasteiger partial charge in [-0.05, 0) is 48.6 Å². The van der Waals surface area contributed by atoms with Gasteiger partial charge in [0.25, 0.3) is 5.76 Å². The van der Waals surface area contributed by atoms with Crippen molar-refractivity contribution in [2.45, 2.75) is 48.2 Å². The third-order valence-corrected chi connectivity index (χ3v) is 8.07. The molecule has 0 spiro atoms. The number of benzene rings is 2. The first-order valence-corrected chi connectivity index (χ1v) is 12.4. The number of nitrogens with zero attached hydrogens (tertiary/aromatic N) is 1. The lowest BCUT2D eigenvalue weighted by atomic mass is 9.97. The van der Waals surface area contributed by atoms with Crippen molar-refractivity contribution < 1.29 is 22.0 Å². The summed E-state index contributed by atoms with van der Waals surface area (Å²) in [6, 6.07) is 13.3. The molecule has 1 aliphatic heterocycles. The zero-order valence-corrected chi connectivity index (χ0v) is 19.1. The van der Waals surface area contributed by atoms with Crippen LogP contribution in [0.15, 0.2) is 58.3 Å². The van der Waals surface area contributed by atoms with Gasteiger partial charge in [-0.1, -0.05) is 49.9 Å². The normalized spacial score (nSPS) is 16.1. The van der Waals surface area contributed by atoms with E-state index in [0.29, 0.717) is 41.1 Å². The van der Waals surface area contributed by atoms with Gasteiger partial charge in [-0.3, -0.25) is 4.79 Å². The van der Waals surface area contributed by atoms with Gasteiger partial charge in [0.05, 0.1) is 10.6 Å². The molecule has 168 valence electrons. The molecule has 1 amide bonds. The van der Waals surface area contributed by atoms with Gasteiger partial charge in [-0.2, -0.15) is 13.1 Å². The van der Waals surface area contributed by atoms with Crippen molar-refractivity contribution in [2.75, 3.05) is 18.4 Å². The lowest BCUT2D eigenvalue weighted by Gasteiger charge is -2.30. The Morgan fingerprint density at radius 3 is 2.26 bits per heavy atom. The van der Waals surface area contributed by atoms with Crippen molar-refractivity contribution in [1.82, 2.24) is 4.31 Å². The number of anilines is 1. The molecule has 9 heteroatoms. The number of hydrogen-bond acceptors (Lipinski definition) is 4. The van der Waals surface area contributed by atoms with E-state index in [0.717, 1.165) is 5.56 Å². The van der Waals surface area contributed by atoms with Gasteiger partial charge in [0.1, 0.15) is 0 Å². The van der Waals surface area contributed by atoms with Crippen LogP contribution in [0.1, 0.15) is 38.2 Å². The number of carbonyl (C=O) groups is 1. The average molecular weight is 469 g/mol. The minimum absolute atomic E-state index is 0.236. The summed E-state index contributed by atoms with van der Waals surface area (Å²) in [6.07, 6.45) is 0.749. The van der Waals surface area contributed by atoms with Crippen LogP contribution >= 0.6 is 11.8 Å². The highest BCUT2D eigenvalue weighted by Gasteiger charge is 2.32. The molecular formula is C22H26F2N2O3S2. The highest BCUT2D eigenvalue weighted by molar-refractivity contribution is 7.99. The van der Waals surface area contributed by atoms with E-state index in [1.54, 1.807) is 30.3 Å². The molecule has 2 aromatic carbocycles. The zero-order valence-electron chi connectivity index (χ0n) is 17.4. The van der Waals surface area contributed by atoms with Gasteiger partial charge in [0.15, 0.2) is 0 Å². The molecule has 1 heterocycles. The van der Waals surface area contributed by atoms with E-state index < -0.39 is 15.8 Å². The fraction of sp³-hybridized carbons (Fsp3) is 0.409. The number of rotatable bonds is 7. The second kappa shape index (κ2) is 10.1. The van der Waals surface area contributed by atoms with E-state index >= 15 is 0 Å². The number of thioether (sulfide) groups is 1. The van der Waals surface area contributed by atoms with Crippen LogP contribution < -0.4 is 5.32 Å². The second-order valence-corrected chi connectivity index (χ2v) is 10.7. The van der Waals surface area contributed by atoms with Crippen LogP contribution in [0.2, 0.25) is 0 Å². The maximum absolute atomic E-state index is 12.9. The topological polar surface area (TPSA) is 66.5 Å². The largest absolute Gasteiger partial charge is 0.325 e. The number of para-hydroxylation sites is 1. The summed E-state index contributed by atoms with van der Waals surface area (Å²) in [6.45, 7) is 4.56. The summed E-state index contributed by atoms with van der Waals surface area (Å²) in [5.41, 5.74) is 1.41. The first-order chi connectivity index (χ1) is 14.7. The van der Waals surface area contributed by atoms with Crippen LogP contribution in [0.25, 0.3) is 0 Å². The van der Waals surface area contributed by atoms with Crippen molar-refractivity contribution in [3.8, 4) is 0 Å². The summed E-state index contributed by atoms with van der Waals surface area (Å²) in [5, 5.41) is 2.73. The van der Waals surface area contributed by atoms with Crippen LogP contribution in [0.5, 0.6) is 0 Å². The number of piperidine rings is 1. The van der Waals surface area contributed by atoms with Gasteiger partial charge in [0.2, 0.25) is 15.9 Å². The summed E-state index contributed by atoms with van der Waals surface area (Å²) in [5.74, 6) is -2.92. The van der Waals surface area contributed by atoms with Crippen molar-refractivity contribution >= 4 is 33.4 Å². The number of hydrogen-bond donors (Lipinski definition) is 1. The highest BCUT2D eigenvalue weighted by atomic mass is 32.2. The van der Waals surface area contributed by atoms with E-state index in [2.05, 4.69) is 5.32 Å². The summed E-state index contributed by atoms with van der Waals surface area (Å²) >= 11 is 0.382. The van der Waals surface area contributed by atoms with Gasteiger partial charge in [-0.25, -0.2) is 8.42 Å². The van der Waals surface area contributed by atoms with E-state index in [1.807, 2.05) is 26.0 Å². The molecule has 1 aliphatic rings. The predicted octanol–water partition coefficient (Wildman–Crippen LogP) is 5.16. The van der Waals surface area contributed by atoms with Gasteiger partial charge in [0, 0.05) is 23.9 Å². The number of nitrogens with one attached hydrogen (secondary N) is 1. The fourth-order valence-corrected chi connectivity index (χ4v) is 5.60. The van der Waals surface area contributed by atoms with Gasteiger partial charge >= 0.3 is 0 Å². The lowest BCUT2D eigenvalue weighted by Crippen LogP contribution is -2.41. The molecule has 0 bridgehead atoms. The third-order valence-electron chi connectivity index (χ3n) is 5.37. The smallest absolute Gasteiger partial charge is 0.288 e. The van der Waals surface area contributed by atoms with Crippen LogP contribution in [-0.2, 0) is 14.8 Å². The van der Waals surface area contributed by atoms with Crippen LogP contribution in [0.3, 0.4) is 0 Å². The lowest BCUT2D eigenvalue weighted by molar-refractivity contribution is -0.120. The molecule has 1 N–H and O–H groups in total. The number of halogens is 2.